The molecule has 28 heavy (non-hydrogen) atoms. The summed E-state index contributed by atoms with van der Waals surface area (Å²) in [5, 5.41) is 2.59. The third-order valence-electron chi connectivity index (χ3n) is 5.13. The molecule has 148 valence electrons. The first-order chi connectivity index (χ1) is 13.6. The van der Waals surface area contributed by atoms with E-state index in [0.717, 1.165) is 38.1 Å². The lowest BCUT2D eigenvalue weighted by Gasteiger charge is -2.32. The van der Waals surface area contributed by atoms with Gasteiger partial charge in [-0.05, 0) is 61.1 Å². The van der Waals surface area contributed by atoms with Crippen molar-refractivity contribution in [2.45, 2.75) is 19.3 Å². The molecule has 1 aliphatic rings. The van der Waals surface area contributed by atoms with E-state index in [1.807, 2.05) is 17.0 Å². The molecule has 2 aromatic rings. The Labute approximate surface area is 165 Å². The Kier molecular flexibility index (Phi) is 6.53. The molecular formula is C22H26N2O4. The molecule has 6 heteroatoms. The van der Waals surface area contributed by atoms with E-state index < -0.39 is 6.09 Å². The molecule has 1 saturated heterocycles. The number of ether oxygens (including phenoxy) is 2. The highest BCUT2D eigenvalue weighted by atomic mass is 16.5. The van der Waals surface area contributed by atoms with Crippen molar-refractivity contribution in [2.24, 2.45) is 5.92 Å². The number of hydrogen-bond donors (Lipinski definition) is 1. The highest BCUT2D eigenvalue weighted by Crippen LogP contribution is 2.24. The molecule has 3 rings (SSSR count). The fraction of sp³-hybridized carbons (Fsp3) is 0.364. The van der Waals surface area contributed by atoms with Crippen molar-refractivity contribution in [1.29, 1.82) is 0 Å². The summed E-state index contributed by atoms with van der Waals surface area (Å²) in [5.41, 5.74) is 2.42. The van der Waals surface area contributed by atoms with E-state index >= 15 is 0 Å². The summed E-state index contributed by atoms with van der Waals surface area (Å²) in [5.74, 6) is 1.44. The zero-order chi connectivity index (χ0) is 19.9. The number of nitrogens with one attached hydrogen (secondary N) is 1. The summed E-state index contributed by atoms with van der Waals surface area (Å²) in [6.45, 7) is 1.49. The summed E-state index contributed by atoms with van der Waals surface area (Å²) in [4.78, 5) is 26.1. The molecule has 0 atom stereocenters. The van der Waals surface area contributed by atoms with Crippen LogP contribution in [-0.4, -0.2) is 44.2 Å². The smallest absolute Gasteiger partial charge is 0.411 e. The van der Waals surface area contributed by atoms with Gasteiger partial charge in [-0.2, -0.15) is 0 Å². The SMILES string of the molecule is COC(=O)Nc1cccc(C(=O)N2CCC(Cc3ccc(OC)cc3)CC2)c1. The number of likely N-dealkylation sites (tertiary alicyclic amines) is 1. The first kappa shape index (κ1) is 19.7. The van der Waals surface area contributed by atoms with Crippen LogP contribution in [0, 0.1) is 5.92 Å². The minimum absolute atomic E-state index is 0.00332. The van der Waals surface area contributed by atoms with Crippen LogP contribution in [0.25, 0.3) is 0 Å². The van der Waals surface area contributed by atoms with Crippen LogP contribution in [0.15, 0.2) is 48.5 Å². The van der Waals surface area contributed by atoms with Crippen molar-refractivity contribution in [3.8, 4) is 5.75 Å². The predicted molar refractivity (Wildman–Crippen MR) is 108 cm³/mol. The van der Waals surface area contributed by atoms with Crippen LogP contribution in [-0.2, 0) is 11.2 Å². The predicted octanol–water partition coefficient (Wildman–Crippen LogP) is 3.97. The van der Waals surface area contributed by atoms with Crippen LogP contribution >= 0.6 is 0 Å². The zero-order valence-corrected chi connectivity index (χ0v) is 16.3. The molecule has 0 aliphatic carbocycles. The highest BCUT2D eigenvalue weighted by Gasteiger charge is 2.24. The van der Waals surface area contributed by atoms with E-state index in [1.54, 1.807) is 31.4 Å². The quantitative estimate of drug-likeness (QED) is 0.850. The number of rotatable bonds is 5. The molecule has 0 unspecified atom stereocenters. The van der Waals surface area contributed by atoms with Crippen LogP contribution < -0.4 is 10.1 Å². The first-order valence-electron chi connectivity index (χ1n) is 9.46. The van der Waals surface area contributed by atoms with E-state index in [2.05, 4.69) is 22.2 Å². The maximum atomic E-state index is 12.8. The summed E-state index contributed by atoms with van der Waals surface area (Å²) in [6, 6.07) is 15.1. The molecule has 0 aromatic heterocycles. The lowest BCUT2D eigenvalue weighted by Crippen LogP contribution is -2.38. The third kappa shape index (κ3) is 5.03. The Bertz CT molecular complexity index is 812. The molecule has 1 fully saturated rings. The van der Waals surface area contributed by atoms with Gasteiger partial charge in [0.25, 0.3) is 5.91 Å². The largest absolute Gasteiger partial charge is 0.497 e. The molecule has 0 radical (unpaired) electrons. The number of carbonyl (C=O) groups is 2. The minimum Gasteiger partial charge on any atom is -0.497 e. The normalized spacial score (nSPS) is 14.4. The maximum Gasteiger partial charge on any atom is 0.411 e. The molecule has 1 heterocycles. The number of nitrogens with zero attached hydrogens (tertiary/aromatic N) is 1. The number of carbonyl (C=O) groups excluding carboxylic acids is 2. The van der Waals surface area contributed by atoms with E-state index in [-0.39, 0.29) is 5.91 Å². The Balaban J connectivity index is 1.54. The second-order valence-corrected chi connectivity index (χ2v) is 6.99. The van der Waals surface area contributed by atoms with Gasteiger partial charge in [0.2, 0.25) is 0 Å². The lowest BCUT2D eigenvalue weighted by molar-refractivity contribution is 0.0690. The Morgan fingerprint density at radius 1 is 1.07 bits per heavy atom. The molecule has 1 aliphatic heterocycles. The van der Waals surface area contributed by atoms with Gasteiger partial charge in [-0.15, -0.1) is 0 Å². The van der Waals surface area contributed by atoms with E-state index in [1.165, 1.54) is 12.7 Å². The van der Waals surface area contributed by atoms with Gasteiger partial charge in [-0.3, -0.25) is 10.1 Å². The van der Waals surface area contributed by atoms with Gasteiger partial charge in [0, 0.05) is 24.3 Å². The minimum atomic E-state index is -0.552. The van der Waals surface area contributed by atoms with Crippen LogP contribution in [0.4, 0.5) is 10.5 Å². The summed E-state index contributed by atoms with van der Waals surface area (Å²) in [7, 11) is 2.98. The van der Waals surface area contributed by atoms with Gasteiger partial charge in [-0.25, -0.2) is 4.79 Å². The number of hydrogen-bond acceptors (Lipinski definition) is 4. The van der Waals surface area contributed by atoms with Crippen molar-refractivity contribution in [3.63, 3.8) is 0 Å². The zero-order valence-electron chi connectivity index (χ0n) is 16.3. The summed E-state index contributed by atoms with van der Waals surface area (Å²) in [6.07, 6.45) is 2.43. The van der Waals surface area contributed by atoms with Crippen molar-refractivity contribution >= 4 is 17.7 Å². The van der Waals surface area contributed by atoms with Gasteiger partial charge >= 0.3 is 6.09 Å². The monoisotopic (exact) mass is 382 g/mol. The van der Waals surface area contributed by atoms with Gasteiger partial charge in [0.1, 0.15) is 5.75 Å². The van der Waals surface area contributed by atoms with Crippen molar-refractivity contribution in [1.82, 2.24) is 4.90 Å². The third-order valence-corrected chi connectivity index (χ3v) is 5.13. The summed E-state index contributed by atoms with van der Waals surface area (Å²) >= 11 is 0. The van der Waals surface area contributed by atoms with Crippen molar-refractivity contribution < 1.29 is 19.1 Å². The van der Waals surface area contributed by atoms with E-state index in [4.69, 9.17) is 4.74 Å². The van der Waals surface area contributed by atoms with Crippen LogP contribution in [0.2, 0.25) is 0 Å². The van der Waals surface area contributed by atoms with Crippen LogP contribution in [0.5, 0.6) is 5.75 Å². The van der Waals surface area contributed by atoms with Crippen molar-refractivity contribution in [3.05, 3.63) is 59.7 Å². The molecule has 1 N–H and O–H groups in total. The molecule has 2 amide bonds. The lowest BCUT2D eigenvalue weighted by atomic mass is 9.90. The molecule has 6 nitrogen and oxygen atoms in total. The fourth-order valence-electron chi connectivity index (χ4n) is 3.52. The molecule has 2 aromatic carbocycles. The number of benzene rings is 2. The van der Waals surface area contributed by atoms with Crippen LogP contribution in [0.3, 0.4) is 0 Å². The standard InChI is InChI=1S/C22H26N2O4/c1-27-20-8-6-16(7-9-20)14-17-10-12-24(13-11-17)21(25)18-4-3-5-19(15-18)23-22(26)28-2/h3-9,15,17H,10-14H2,1-2H3,(H,23,26). The fourth-order valence-corrected chi connectivity index (χ4v) is 3.52. The van der Waals surface area contributed by atoms with E-state index in [9.17, 15) is 9.59 Å². The number of anilines is 1. The van der Waals surface area contributed by atoms with E-state index in [0.29, 0.717) is 17.2 Å². The van der Waals surface area contributed by atoms with Gasteiger partial charge in [-0.1, -0.05) is 18.2 Å². The Hall–Kier alpha value is -3.02. The number of piperidine rings is 1. The van der Waals surface area contributed by atoms with Gasteiger partial charge in [0.15, 0.2) is 0 Å². The second kappa shape index (κ2) is 9.26. The Morgan fingerprint density at radius 2 is 1.79 bits per heavy atom. The molecule has 0 saturated carbocycles. The maximum absolute atomic E-state index is 12.8. The first-order valence-corrected chi connectivity index (χ1v) is 9.46. The average molecular weight is 382 g/mol. The molecule has 0 spiro atoms. The van der Waals surface area contributed by atoms with Crippen LogP contribution in [0.1, 0.15) is 28.8 Å². The van der Waals surface area contributed by atoms with Gasteiger partial charge < -0.3 is 14.4 Å². The number of amides is 2. The topological polar surface area (TPSA) is 67.9 Å². The van der Waals surface area contributed by atoms with Crippen molar-refractivity contribution in [2.75, 3.05) is 32.6 Å². The molecule has 0 bridgehead atoms. The average Bonchev–Trinajstić information content (AvgIpc) is 2.74. The highest BCUT2D eigenvalue weighted by molar-refractivity contribution is 5.96. The van der Waals surface area contributed by atoms with Gasteiger partial charge in [0.05, 0.1) is 14.2 Å². The molecular weight excluding hydrogens is 356 g/mol. The number of methoxy groups -OCH3 is 2. The second-order valence-electron chi connectivity index (χ2n) is 6.99. The Morgan fingerprint density at radius 3 is 2.43 bits per heavy atom. The summed E-state index contributed by atoms with van der Waals surface area (Å²) < 4.78 is 9.80.